The molecule has 0 bridgehead atoms. The molecule has 1 saturated heterocycles. The van der Waals surface area contributed by atoms with Crippen molar-refractivity contribution in [3.8, 4) is 5.06 Å². The molecule has 0 aliphatic carbocycles. The fourth-order valence-electron chi connectivity index (χ4n) is 1.55. The first-order valence-electron chi connectivity index (χ1n) is 4.63. The van der Waals surface area contributed by atoms with Crippen molar-refractivity contribution < 1.29 is 5.11 Å². The molecule has 1 aliphatic heterocycles. The predicted octanol–water partition coefficient (Wildman–Crippen LogP) is 1.15. The molecule has 0 unspecified atom stereocenters. The Morgan fingerprint density at radius 3 is 2.38 bits per heavy atom. The van der Waals surface area contributed by atoms with Crippen LogP contribution in [0, 0.1) is 6.92 Å². The largest absolute Gasteiger partial charge is 0.864 e. The first-order chi connectivity index (χ1) is 6.27. The zero-order valence-corrected chi connectivity index (χ0v) is 9.34. The van der Waals surface area contributed by atoms with Crippen molar-refractivity contribution in [2.24, 2.45) is 0 Å². The molecule has 4 heteroatoms. The van der Waals surface area contributed by atoms with E-state index >= 15 is 0 Å². The Kier molecular flexibility index (Phi) is 2.69. The Morgan fingerprint density at radius 2 is 1.85 bits per heavy atom. The molecule has 0 saturated carbocycles. The number of rotatable bonds is 0. The van der Waals surface area contributed by atoms with Crippen LogP contribution in [0.4, 0.5) is 0 Å². The first kappa shape index (κ1) is 9.21. The van der Waals surface area contributed by atoms with E-state index < -0.39 is 0 Å². The molecule has 72 valence electrons. The molecule has 0 spiro atoms. The summed E-state index contributed by atoms with van der Waals surface area (Å²) in [6.07, 6.45) is 3.89. The molecule has 1 fully saturated rings. The van der Waals surface area contributed by atoms with E-state index in [0.717, 1.165) is 18.0 Å². The summed E-state index contributed by atoms with van der Waals surface area (Å²) >= 11 is 3.06. The van der Waals surface area contributed by atoms with Gasteiger partial charge in [0.1, 0.15) is 13.1 Å². The van der Waals surface area contributed by atoms with Crippen molar-refractivity contribution in [3.63, 3.8) is 0 Å². The van der Waals surface area contributed by atoms with Crippen LogP contribution in [0.5, 0.6) is 5.06 Å². The molecule has 2 nitrogen and oxygen atoms in total. The molecule has 0 N–H and O–H groups in total. The number of piperidine rings is 1. The summed E-state index contributed by atoms with van der Waals surface area (Å²) in [5, 5.41) is 11.5. The van der Waals surface area contributed by atoms with Crippen molar-refractivity contribution in [2.75, 3.05) is 13.1 Å². The minimum absolute atomic E-state index is 0.241. The van der Waals surface area contributed by atoms with Crippen molar-refractivity contribution in [2.45, 2.75) is 26.2 Å². The fraction of sp³-hybridized carbons (Fsp3) is 0.667. The Hall–Kier alpha value is -0.350. The molecule has 1 aliphatic rings. The molecule has 0 atom stereocenters. The minimum atomic E-state index is 0.241. The molecule has 13 heavy (non-hydrogen) atoms. The Bertz CT molecular complexity index is 333. The normalized spacial score (nSPS) is 17.8. The summed E-state index contributed by atoms with van der Waals surface area (Å²) in [5.74, 6) is 0. The molecule has 0 aromatic carbocycles. The van der Waals surface area contributed by atoms with Crippen LogP contribution < -0.4 is 13.7 Å². The molecule has 1 aromatic rings. The number of hydrogen-bond donors (Lipinski definition) is 0. The molecule has 1 aromatic heterocycles. The van der Waals surface area contributed by atoms with Crippen LogP contribution in [0.25, 0.3) is 0 Å². The van der Waals surface area contributed by atoms with Crippen LogP contribution >= 0.6 is 22.7 Å². The van der Waals surface area contributed by atoms with Crippen molar-refractivity contribution in [1.29, 1.82) is 0 Å². The smallest absolute Gasteiger partial charge is 0.313 e. The SMILES string of the molecule is Cc1sc(=[N+]2CCCCC2)sc1[O-]. The molecule has 2 rings (SSSR count). The summed E-state index contributed by atoms with van der Waals surface area (Å²) in [6, 6.07) is 0. The van der Waals surface area contributed by atoms with Crippen LogP contribution in [0.15, 0.2) is 0 Å². The van der Waals surface area contributed by atoms with Gasteiger partial charge in [0.15, 0.2) is 0 Å². The third-order valence-electron chi connectivity index (χ3n) is 2.32. The van der Waals surface area contributed by atoms with E-state index in [9.17, 15) is 5.11 Å². The third-order valence-corrected chi connectivity index (χ3v) is 4.80. The van der Waals surface area contributed by atoms with E-state index in [1.165, 1.54) is 34.6 Å². The van der Waals surface area contributed by atoms with Gasteiger partial charge in [-0.05, 0) is 18.4 Å². The van der Waals surface area contributed by atoms with Gasteiger partial charge in [0, 0.05) is 17.7 Å². The summed E-state index contributed by atoms with van der Waals surface area (Å²) in [5.41, 5.74) is 0. The lowest BCUT2D eigenvalue weighted by molar-refractivity contribution is -0.262. The van der Waals surface area contributed by atoms with Gasteiger partial charge in [-0.1, -0.05) is 22.7 Å². The van der Waals surface area contributed by atoms with Crippen LogP contribution in [0.3, 0.4) is 0 Å². The second kappa shape index (κ2) is 3.80. The standard InChI is InChI=1S/C9H13NOS2/c1-7-8(11)13-9(12-7)10-5-3-2-4-6-10/h2-6H2,1H3. The van der Waals surface area contributed by atoms with Crippen LogP contribution in [0.2, 0.25) is 0 Å². The van der Waals surface area contributed by atoms with Gasteiger partial charge in [-0.3, -0.25) is 0 Å². The molecule has 0 amide bonds. The van der Waals surface area contributed by atoms with Crippen LogP contribution in [-0.2, 0) is 0 Å². The predicted molar refractivity (Wildman–Crippen MR) is 55.2 cm³/mol. The van der Waals surface area contributed by atoms with Gasteiger partial charge in [0.25, 0.3) is 0 Å². The zero-order chi connectivity index (χ0) is 9.26. The van der Waals surface area contributed by atoms with Gasteiger partial charge < -0.3 is 5.11 Å². The quantitative estimate of drug-likeness (QED) is 0.596. The summed E-state index contributed by atoms with van der Waals surface area (Å²) in [6.45, 7) is 4.18. The average Bonchev–Trinajstić information content (AvgIpc) is 2.49. The first-order valence-corrected chi connectivity index (χ1v) is 6.26. The van der Waals surface area contributed by atoms with E-state index in [0.29, 0.717) is 0 Å². The highest BCUT2D eigenvalue weighted by atomic mass is 32.2. The van der Waals surface area contributed by atoms with Gasteiger partial charge in [-0.25, -0.2) is 4.58 Å². The lowest BCUT2D eigenvalue weighted by Crippen LogP contribution is -2.31. The van der Waals surface area contributed by atoms with E-state index in [4.69, 9.17) is 0 Å². The highest BCUT2D eigenvalue weighted by Crippen LogP contribution is 2.19. The third kappa shape index (κ3) is 1.94. The van der Waals surface area contributed by atoms with E-state index in [1.807, 2.05) is 6.92 Å². The fourth-order valence-corrected chi connectivity index (χ4v) is 3.84. The van der Waals surface area contributed by atoms with Crippen LogP contribution in [0.1, 0.15) is 24.1 Å². The summed E-state index contributed by atoms with van der Waals surface area (Å²) < 4.78 is 3.56. The molecular weight excluding hydrogens is 202 g/mol. The second-order valence-electron chi connectivity index (χ2n) is 3.36. The lowest BCUT2D eigenvalue weighted by atomic mass is 10.2. The van der Waals surface area contributed by atoms with Crippen molar-refractivity contribution in [3.05, 3.63) is 8.86 Å². The summed E-state index contributed by atoms with van der Waals surface area (Å²) in [7, 11) is 0. The van der Waals surface area contributed by atoms with Crippen molar-refractivity contribution >= 4 is 22.7 Å². The van der Waals surface area contributed by atoms with Gasteiger partial charge in [0.2, 0.25) is 0 Å². The number of aryl methyl sites for hydroxylation is 1. The molecule has 0 radical (unpaired) electrons. The highest BCUT2D eigenvalue weighted by Gasteiger charge is 2.13. The number of hydrogen-bond acceptors (Lipinski definition) is 3. The average molecular weight is 215 g/mol. The van der Waals surface area contributed by atoms with Gasteiger partial charge in [-0.2, -0.15) is 0 Å². The maximum atomic E-state index is 11.3. The van der Waals surface area contributed by atoms with E-state index in [-0.39, 0.29) is 5.06 Å². The van der Waals surface area contributed by atoms with Gasteiger partial charge in [-0.15, -0.1) is 0 Å². The van der Waals surface area contributed by atoms with Gasteiger partial charge in [0.05, 0.1) is 0 Å². The number of nitrogens with zero attached hydrogens (tertiary/aromatic N) is 1. The zero-order valence-electron chi connectivity index (χ0n) is 7.71. The van der Waals surface area contributed by atoms with E-state index in [1.54, 1.807) is 11.3 Å². The molecular formula is C9H13NOS2. The Balaban J connectivity index is 2.40. The summed E-state index contributed by atoms with van der Waals surface area (Å²) in [4.78, 5) is 0.936. The van der Waals surface area contributed by atoms with E-state index in [2.05, 4.69) is 4.58 Å². The lowest BCUT2D eigenvalue weighted by Gasteiger charge is -2.07. The molecule has 2 heterocycles. The maximum absolute atomic E-state index is 11.3. The van der Waals surface area contributed by atoms with Crippen molar-refractivity contribution in [1.82, 2.24) is 4.58 Å². The maximum Gasteiger partial charge on any atom is 0.313 e. The Labute approximate surface area is 85.8 Å². The van der Waals surface area contributed by atoms with Gasteiger partial charge >= 0.3 is 3.98 Å². The monoisotopic (exact) mass is 215 g/mol. The minimum Gasteiger partial charge on any atom is -0.864 e. The Morgan fingerprint density at radius 1 is 1.15 bits per heavy atom. The topological polar surface area (TPSA) is 26.1 Å². The van der Waals surface area contributed by atoms with Crippen LogP contribution in [-0.4, -0.2) is 13.1 Å². The second-order valence-corrected chi connectivity index (χ2v) is 5.78. The highest BCUT2D eigenvalue weighted by molar-refractivity contribution is 7.28.